The molecule has 0 aliphatic heterocycles. The highest BCUT2D eigenvalue weighted by Crippen LogP contribution is 2.12. The third-order valence-electron chi connectivity index (χ3n) is 3.59. The second kappa shape index (κ2) is 8.43. The van der Waals surface area contributed by atoms with Gasteiger partial charge in [-0.1, -0.05) is 19.1 Å². The molecule has 0 saturated carbocycles. The Morgan fingerprint density at radius 3 is 2.87 bits per heavy atom. The summed E-state index contributed by atoms with van der Waals surface area (Å²) in [4.78, 5) is 17.3. The second-order valence-corrected chi connectivity index (χ2v) is 5.27. The summed E-state index contributed by atoms with van der Waals surface area (Å²) >= 11 is 0. The SMILES string of the molecule is CCOCCCn1c(N/N=C(/C)CC)nc2ccccc2c1=O. The zero-order chi connectivity index (χ0) is 16.7. The van der Waals surface area contributed by atoms with Crippen LogP contribution in [-0.2, 0) is 11.3 Å². The standard InChI is InChI=1S/C17H24N4O2/c1-4-13(3)19-20-17-18-15-10-7-6-9-14(15)16(22)21(17)11-8-12-23-5-2/h6-7,9-10H,4-5,8,11-12H2,1-3H3,(H,18,20)/b19-13-. The minimum Gasteiger partial charge on any atom is -0.382 e. The Labute approximate surface area is 136 Å². The van der Waals surface area contributed by atoms with Gasteiger partial charge in [0.25, 0.3) is 5.56 Å². The Morgan fingerprint density at radius 1 is 1.35 bits per heavy atom. The number of aromatic nitrogens is 2. The van der Waals surface area contributed by atoms with Gasteiger partial charge in [0.05, 0.1) is 10.9 Å². The number of fused-ring (bicyclic) bond motifs is 1. The summed E-state index contributed by atoms with van der Waals surface area (Å²) in [5.74, 6) is 0.470. The number of ether oxygens (including phenoxy) is 1. The minimum absolute atomic E-state index is 0.0565. The van der Waals surface area contributed by atoms with E-state index in [1.54, 1.807) is 10.6 Å². The van der Waals surface area contributed by atoms with Crippen LogP contribution < -0.4 is 11.0 Å². The number of hydrogen-bond acceptors (Lipinski definition) is 5. The van der Waals surface area contributed by atoms with Crippen molar-refractivity contribution in [1.82, 2.24) is 9.55 Å². The van der Waals surface area contributed by atoms with Gasteiger partial charge in [-0.05, 0) is 38.8 Å². The Balaban J connectivity index is 2.38. The molecule has 6 nitrogen and oxygen atoms in total. The van der Waals surface area contributed by atoms with Gasteiger partial charge in [-0.25, -0.2) is 10.4 Å². The van der Waals surface area contributed by atoms with E-state index in [0.717, 1.165) is 18.6 Å². The van der Waals surface area contributed by atoms with Crippen LogP contribution in [0.5, 0.6) is 0 Å². The van der Waals surface area contributed by atoms with Gasteiger partial charge in [0.15, 0.2) is 0 Å². The number of nitrogens with zero attached hydrogens (tertiary/aromatic N) is 3. The van der Waals surface area contributed by atoms with Gasteiger partial charge in [-0.3, -0.25) is 9.36 Å². The molecule has 0 atom stereocenters. The fourth-order valence-electron chi connectivity index (χ4n) is 2.15. The number of hydrogen-bond donors (Lipinski definition) is 1. The van der Waals surface area contributed by atoms with E-state index in [2.05, 4.69) is 15.5 Å². The van der Waals surface area contributed by atoms with E-state index in [1.165, 1.54) is 0 Å². The van der Waals surface area contributed by atoms with Crippen molar-refractivity contribution in [3.05, 3.63) is 34.6 Å². The predicted molar refractivity (Wildman–Crippen MR) is 94.1 cm³/mol. The molecule has 1 aromatic carbocycles. The summed E-state index contributed by atoms with van der Waals surface area (Å²) in [6, 6.07) is 7.36. The first-order valence-corrected chi connectivity index (χ1v) is 8.03. The summed E-state index contributed by atoms with van der Waals surface area (Å²) in [6.07, 6.45) is 1.59. The maximum atomic E-state index is 12.7. The lowest BCUT2D eigenvalue weighted by atomic mass is 10.2. The molecule has 0 spiro atoms. The molecule has 1 aromatic heterocycles. The quantitative estimate of drug-likeness (QED) is 0.462. The molecule has 6 heteroatoms. The first kappa shape index (κ1) is 17.1. The predicted octanol–water partition coefficient (Wildman–Crippen LogP) is 3.02. The van der Waals surface area contributed by atoms with Crippen molar-refractivity contribution in [2.45, 2.75) is 40.2 Å². The number of hydrazone groups is 1. The molecule has 0 fully saturated rings. The molecular weight excluding hydrogens is 292 g/mol. The molecule has 0 unspecified atom stereocenters. The smallest absolute Gasteiger partial charge is 0.262 e. The molecule has 0 bridgehead atoms. The highest BCUT2D eigenvalue weighted by molar-refractivity contribution is 5.82. The molecule has 0 radical (unpaired) electrons. The van der Waals surface area contributed by atoms with Crippen molar-refractivity contribution in [1.29, 1.82) is 0 Å². The first-order chi connectivity index (χ1) is 11.2. The number of anilines is 1. The van der Waals surface area contributed by atoms with Crippen molar-refractivity contribution in [2.24, 2.45) is 5.10 Å². The van der Waals surface area contributed by atoms with Crippen LogP contribution in [0.15, 0.2) is 34.2 Å². The Morgan fingerprint density at radius 2 is 2.13 bits per heavy atom. The van der Waals surface area contributed by atoms with Gasteiger partial charge >= 0.3 is 0 Å². The van der Waals surface area contributed by atoms with Crippen molar-refractivity contribution >= 4 is 22.6 Å². The van der Waals surface area contributed by atoms with E-state index in [1.807, 2.05) is 39.0 Å². The molecule has 0 aliphatic carbocycles. The van der Waals surface area contributed by atoms with Gasteiger partial charge in [-0.15, -0.1) is 0 Å². The maximum absolute atomic E-state index is 12.7. The normalized spacial score (nSPS) is 11.9. The summed E-state index contributed by atoms with van der Waals surface area (Å²) in [7, 11) is 0. The van der Waals surface area contributed by atoms with Crippen LogP contribution in [0.2, 0.25) is 0 Å². The average molecular weight is 316 g/mol. The zero-order valence-electron chi connectivity index (χ0n) is 14.0. The Hall–Kier alpha value is -2.21. The fraction of sp³-hybridized carbons (Fsp3) is 0.471. The lowest BCUT2D eigenvalue weighted by Crippen LogP contribution is -2.25. The summed E-state index contributed by atoms with van der Waals surface area (Å²) in [6.45, 7) is 7.76. The van der Waals surface area contributed by atoms with Crippen LogP contribution in [-0.4, -0.2) is 28.5 Å². The van der Waals surface area contributed by atoms with Crippen LogP contribution >= 0.6 is 0 Å². The van der Waals surface area contributed by atoms with Gasteiger partial charge in [0.2, 0.25) is 5.95 Å². The van der Waals surface area contributed by atoms with Crippen LogP contribution in [0.3, 0.4) is 0 Å². The molecule has 0 saturated heterocycles. The lowest BCUT2D eigenvalue weighted by molar-refractivity contribution is 0.141. The third kappa shape index (κ3) is 4.39. The second-order valence-electron chi connectivity index (χ2n) is 5.27. The number of nitrogens with one attached hydrogen (secondary N) is 1. The van der Waals surface area contributed by atoms with E-state index in [4.69, 9.17) is 4.74 Å². The minimum atomic E-state index is -0.0565. The molecule has 1 heterocycles. The highest BCUT2D eigenvalue weighted by Gasteiger charge is 2.10. The molecule has 0 aliphatic rings. The first-order valence-electron chi connectivity index (χ1n) is 8.03. The van der Waals surface area contributed by atoms with Crippen molar-refractivity contribution in [2.75, 3.05) is 18.6 Å². The topological polar surface area (TPSA) is 68.5 Å². The van der Waals surface area contributed by atoms with E-state index in [-0.39, 0.29) is 5.56 Å². The van der Waals surface area contributed by atoms with Gasteiger partial charge in [0, 0.05) is 25.5 Å². The van der Waals surface area contributed by atoms with Crippen LogP contribution in [0.4, 0.5) is 5.95 Å². The van der Waals surface area contributed by atoms with Gasteiger partial charge in [0.1, 0.15) is 0 Å². The lowest BCUT2D eigenvalue weighted by Gasteiger charge is -2.13. The Kier molecular flexibility index (Phi) is 6.29. The average Bonchev–Trinajstić information content (AvgIpc) is 2.58. The molecule has 2 aromatic rings. The third-order valence-corrected chi connectivity index (χ3v) is 3.59. The van der Waals surface area contributed by atoms with Crippen molar-refractivity contribution < 1.29 is 4.74 Å². The fourth-order valence-corrected chi connectivity index (χ4v) is 2.15. The van der Waals surface area contributed by atoms with E-state index >= 15 is 0 Å². The summed E-state index contributed by atoms with van der Waals surface area (Å²) < 4.78 is 6.99. The molecular formula is C17H24N4O2. The van der Waals surface area contributed by atoms with Gasteiger partial charge < -0.3 is 4.74 Å². The number of benzene rings is 1. The maximum Gasteiger partial charge on any atom is 0.262 e. The Bertz CT molecular complexity index is 737. The summed E-state index contributed by atoms with van der Waals surface area (Å²) in [5, 5.41) is 4.90. The number of rotatable bonds is 8. The molecule has 1 N–H and O–H groups in total. The molecule has 0 amide bonds. The zero-order valence-corrected chi connectivity index (χ0v) is 14.0. The largest absolute Gasteiger partial charge is 0.382 e. The van der Waals surface area contributed by atoms with Crippen LogP contribution in [0.25, 0.3) is 10.9 Å². The van der Waals surface area contributed by atoms with E-state index < -0.39 is 0 Å². The van der Waals surface area contributed by atoms with Crippen molar-refractivity contribution in [3.8, 4) is 0 Å². The summed E-state index contributed by atoms with van der Waals surface area (Å²) in [5.41, 5.74) is 4.50. The highest BCUT2D eigenvalue weighted by atomic mass is 16.5. The van der Waals surface area contributed by atoms with E-state index in [9.17, 15) is 4.79 Å². The molecule has 23 heavy (non-hydrogen) atoms. The van der Waals surface area contributed by atoms with Crippen LogP contribution in [0, 0.1) is 0 Å². The van der Waals surface area contributed by atoms with Crippen molar-refractivity contribution in [3.63, 3.8) is 0 Å². The number of para-hydroxylation sites is 1. The van der Waals surface area contributed by atoms with E-state index in [0.29, 0.717) is 36.6 Å². The molecule has 124 valence electrons. The monoisotopic (exact) mass is 316 g/mol. The molecule has 2 rings (SSSR count). The van der Waals surface area contributed by atoms with Gasteiger partial charge in [-0.2, -0.15) is 5.10 Å². The van der Waals surface area contributed by atoms with Crippen LogP contribution in [0.1, 0.15) is 33.6 Å².